The van der Waals surface area contributed by atoms with Gasteiger partial charge in [0, 0.05) is 27.0 Å². The lowest BCUT2D eigenvalue weighted by Gasteiger charge is -2.23. The van der Waals surface area contributed by atoms with Gasteiger partial charge in [-0.1, -0.05) is 41.4 Å². The van der Waals surface area contributed by atoms with Crippen molar-refractivity contribution in [2.45, 2.75) is 18.0 Å². The molecule has 0 saturated carbocycles. The molecule has 2 heterocycles. The van der Waals surface area contributed by atoms with Crippen LogP contribution in [0.25, 0.3) is 0 Å². The van der Waals surface area contributed by atoms with E-state index >= 15 is 0 Å². The molecule has 4 rings (SSSR count). The lowest BCUT2D eigenvalue weighted by Crippen LogP contribution is -2.37. The fourth-order valence-electron chi connectivity index (χ4n) is 3.08. The quantitative estimate of drug-likeness (QED) is 0.520. The summed E-state index contributed by atoms with van der Waals surface area (Å²) in [5.41, 5.74) is 0.615. The molecule has 27 heavy (non-hydrogen) atoms. The van der Waals surface area contributed by atoms with Crippen LogP contribution in [0.15, 0.2) is 76.3 Å². The van der Waals surface area contributed by atoms with Gasteiger partial charge in [0.1, 0.15) is 0 Å². The molecular formula is C20H15Cl2N3OS. The first-order chi connectivity index (χ1) is 13.1. The van der Waals surface area contributed by atoms with Crippen molar-refractivity contribution in [3.63, 3.8) is 0 Å². The summed E-state index contributed by atoms with van der Waals surface area (Å²) in [6.45, 7) is 0. The Kier molecular flexibility index (Phi) is 5.00. The summed E-state index contributed by atoms with van der Waals surface area (Å²) in [5.74, 6) is -0.201. The third-order valence-corrected chi connectivity index (χ3v) is 6.04. The van der Waals surface area contributed by atoms with Gasteiger partial charge in [-0.25, -0.2) is 0 Å². The molecular weight excluding hydrogens is 401 g/mol. The minimum Gasteiger partial charge on any atom is -0.324 e. The lowest BCUT2D eigenvalue weighted by molar-refractivity contribution is -0.121. The predicted octanol–water partition coefficient (Wildman–Crippen LogP) is 6.49. The van der Waals surface area contributed by atoms with Crippen molar-refractivity contribution < 1.29 is 4.79 Å². The highest BCUT2D eigenvalue weighted by atomic mass is 35.5. The average Bonchev–Trinajstić information content (AvgIpc) is 3.34. The molecule has 2 aromatic carbocycles. The molecule has 0 fully saturated rings. The number of halogens is 2. The van der Waals surface area contributed by atoms with E-state index in [9.17, 15) is 4.79 Å². The third kappa shape index (κ3) is 3.63. The molecule has 1 aliphatic heterocycles. The zero-order valence-electron chi connectivity index (χ0n) is 14.1. The molecule has 1 amide bonds. The highest BCUT2D eigenvalue weighted by Gasteiger charge is 2.47. The van der Waals surface area contributed by atoms with Gasteiger partial charge < -0.3 is 5.32 Å². The Bertz CT molecular complexity index is 971. The summed E-state index contributed by atoms with van der Waals surface area (Å²) in [6, 6.07) is 18.2. The summed E-state index contributed by atoms with van der Waals surface area (Å²) in [7, 11) is 0. The molecule has 1 N–H and O–H groups in total. The molecule has 0 spiro atoms. The van der Waals surface area contributed by atoms with Gasteiger partial charge in [-0.2, -0.15) is 10.2 Å². The number of hydrogen-bond donors (Lipinski definition) is 1. The maximum absolute atomic E-state index is 13.2. The number of benzene rings is 2. The molecule has 1 aliphatic rings. The van der Waals surface area contributed by atoms with Gasteiger partial charge >= 0.3 is 0 Å². The number of amides is 1. The zero-order chi connectivity index (χ0) is 18.9. The van der Waals surface area contributed by atoms with Crippen LogP contribution in [0.2, 0.25) is 10.0 Å². The Morgan fingerprint density at radius 3 is 2.33 bits per heavy atom. The summed E-state index contributed by atoms with van der Waals surface area (Å²) in [6.07, 6.45) is 0.467. The van der Waals surface area contributed by atoms with Crippen molar-refractivity contribution in [1.29, 1.82) is 0 Å². The second-order valence-electron chi connectivity index (χ2n) is 6.29. The van der Waals surface area contributed by atoms with Crippen LogP contribution in [0, 0.1) is 0 Å². The van der Waals surface area contributed by atoms with E-state index in [0.717, 1.165) is 10.4 Å². The SMILES string of the molecule is O=C(Nc1ccc(Cl)cc1)C1(c2cccs2)CC(c2ccc(Cl)cc2)N=N1. The van der Waals surface area contributed by atoms with E-state index in [-0.39, 0.29) is 11.9 Å². The Morgan fingerprint density at radius 1 is 1.04 bits per heavy atom. The number of nitrogens with zero attached hydrogens (tertiary/aromatic N) is 2. The number of rotatable bonds is 4. The molecule has 2 atom stereocenters. The smallest absolute Gasteiger partial charge is 0.259 e. The summed E-state index contributed by atoms with van der Waals surface area (Å²) < 4.78 is 0. The van der Waals surface area contributed by atoms with Crippen LogP contribution in [0.3, 0.4) is 0 Å². The topological polar surface area (TPSA) is 53.8 Å². The summed E-state index contributed by atoms with van der Waals surface area (Å²) in [4.78, 5) is 14.1. The van der Waals surface area contributed by atoms with Crippen LogP contribution in [0.1, 0.15) is 22.9 Å². The molecule has 7 heteroatoms. The molecule has 136 valence electrons. The molecule has 4 nitrogen and oxygen atoms in total. The van der Waals surface area contributed by atoms with Crippen molar-refractivity contribution in [1.82, 2.24) is 0 Å². The lowest BCUT2D eigenvalue weighted by atomic mass is 9.88. The van der Waals surface area contributed by atoms with E-state index in [1.807, 2.05) is 41.8 Å². The number of thiophene rings is 1. The molecule has 3 aromatic rings. The Labute approximate surface area is 170 Å². The van der Waals surface area contributed by atoms with Crippen molar-refractivity contribution in [2.75, 3.05) is 5.32 Å². The summed E-state index contributed by atoms with van der Waals surface area (Å²) in [5, 5.41) is 15.1. The zero-order valence-corrected chi connectivity index (χ0v) is 16.4. The maximum Gasteiger partial charge on any atom is 0.259 e. The van der Waals surface area contributed by atoms with E-state index in [0.29, 0.717) is 22.2 Å². The third-order valence-electron chi connectivity index (χ3n) is 4.52. The Balaban J connectivity index is 1.64. The van der Waals surface area contributed by atoms with Crippen LogP contribution in [0.5, 0.6) is 0 Å². The second kappa shape index (κ2) is 7.43. The maximum atomic E-state index is 13.2. The van der Waals surface area contributed by atoms with E-state index in [2.05, 4.69) is 15.5 Å². The number of anilines is 1. The fourth-order valence-corrected chi connectivity index (χ4v) is 4.21. The standard InChI is InChI=1S/C20H15Cl2N3OS/c21-14-5-3-13(4-6-14)17-12-20(25-24-17,18-2-1-11-27-18)19(26)23-16-9-7-15(22)8-10-16/h1-11,17H,12H2,(H,23,26). The first-order valence-electron chi connectivity index (χ1n) is 8.35. The molecule has 0 radical (unpaired) electrons. The van der Waals surface area contributed by atoms with Gasteiger partial charge in [0.25, 0.3) is 5.91 Å². The predicted molar refractivity (Wildman–Crippen MR) is 110 cm³/mol. The average molecular weight is 416 g/mol. The van der Waals surface area contributed by atoms with Crippen LogP contribution >= 0.6 is 34.5 Å². The van der Waals surface area contributed by atoms with E-state index in [1.165, 1.54) is 11.3 Å². The summed E-state index contributed by atoms with van der Waals surface area (Å²) >= 11 is 13.4. The molecule has 0 saturated heterocycles. The minimum atomic E-state index is -1.04. The molecule has 1 aromatic heterocycles. The Morgan fingerprint density at radius 2 is 1.70 bits per heavy atom. The van der Waals surface area contributed by atoms with Gasteiger partial charge in [0.15, 0.2) is 5.54 Å². The first-order valence-corrected chi connectivity index (χ1v) is 9.99. The second-order valence-corrected chi connectivity index (χ2v) is 8.11. The monoisotopic (exact) mass is 415 g/mol. The number of azo groups is 1. The van der Waals surface area contributed by atoms with Gasteiger partial charge in [0.05, 0.1) is 6.04 Å². The van der Waals surface area contributed by atoms with Crippen LogP contribution in [-0.2, 0) is 10.3 Å². The fraction of sp³-hybridized carbons (Fsp3) is 0.150. The largest absolute Gasteiger partial charge is 0.324 e. The van der Waals surface area contributed by atoms with Crippen molar-refractivity contribution in [2.24, 2.45) is 10.2 Å². The number of carbonyl (C=O) groups excluding carboxylic acids is 1. The van der Waals surface area contributed by atoms with Crippen LogP contribution < -0.4 is 5.32 Å². The molecule has 0 aliphatic carbocycles. The molecule has 2 unspecified atom stereocenters. The van der Waals surface area contributed by atoms with E-state index in [1.54, 1.807) is 24.3 Å². The van der Waals surface area contributed by atoms with Crippen molar-refractivity contribution in [3.05, 3.63) is 86.5 Å². The van der Waals surface area contributed by atoms with Crippen molar-refractivity contribution >= 4 is 46.1 Å². The Hall–Kier alpha value is -2.21. The van der Waals surface area contributed by atoms with E-state index < -0.39 is 5.54 Å². The highest BCUT2D eigenvalue weighted by Crippen LogP contribution is 2.46. The van der Waals surface area contributed by atoms with Gasteiger partial charge in [-0.15, -0.1) is 11.3 Å². The van der Waals surface area contributed by atoms with Gasteiger partial charge in [-0.3, -0.25) is 4.79 Å². The normalized spacial score (nSPS) is 21.3. The minimum absolute atomic E-state index is 0.194. The van der Waals surface area contributed by atoms with Gasteiger partial charge in [-0.05, 0) is 53.4 Å². The van der Waals surface area contributed by atoms with Gasteiger partial charge in [0.2, 0.25) is 0 Å². The van der Waals surface area contributed by atoms with Crippen LogP contribution in [-0.4, -0.2) is 5.91 Å². The molecule has 0 bridgehead atoms. The number of hydrogen-bond acceptors (Lipinski definition) is 4. The van der Waals surface area contributed by atoms with E-state index in [4.69, 9.17) is 23.2 Å². The van der Waals surface area contributed by atoms with Crippen LogP contribution in [0.4, 0.5) is 5.69 Å². The highest BCUT2D eigenvalue weighted by molar-refractivity contribution is 7.10. The first kappa shape index (κ1) is 18.2. The van der Waals surface area contributed by atoms with Crippen molar-refractivity contribution in [3.8, 4) is 0 Å². The number of carbonyl (C=O) groups is 1. The number of nitrogens with one attached hydrogen (secondary N) is 1.